The largest absolute Gasteiger partial charge is 0.387 e. The fraction of sp³-hybridized carbons (Fsp3) is 0.600. The van der Waals surface area contributed by atoms with Crippen molar-refractivity contribution < 1.29 is 5.11 Å². The van der Waals surface area contributed by atoms with Crippen molar-refractivity contribution in [2.75, 3.05) is 32.5 Å². The van der Waals surface area contributed by atoms with Gasteiger partial charge in [-0.1, -0.05) is 0 Å². The molecule has 5 nitrogen and oxygen atoms in total. The van der Waals surface area contributed by atoms with Gasteiger partial charge >= 0.3 is 0 Å². The summed E-state index contributed by atoms with van der Waals surface area (Å²) in [5.41, 5.74) is -0.796. The van der Waals surface area contributed by atoms with E-state index in [0.717, 1.165) is 3.57 Å². The molecule has 0 fully saturated rings. The van der Waals surface area contributed by atoms with Gasteiger partial charge in [0.05, 0.1) is 5.60 Å². The number of aromatic nitrogens is 2. The number of halogens is 1. The van der Waals surface area contributed by atoms with Gasteiger partial charge in [0.25, 0.3) is 0 Å². The van der Waals surface area contributed by atoms with E-state index in [0.29, 0.717) is 19.0 Å². The first-order chi connectivity index (χ1) is 7.39. The van der Waals surface area contributed by atoms with Gasteiger partial charge in [0.1, 0.15) is 0 Å². The zero-order valence-electron chi connectivity index (χ0n) is 9.74. The van der Waals surface area contributed by atoms with Crippen LogP contribution in [0.2, 0.25) is 0 Å². The summed E-state index contributed by atoms with van der Waals surface area (Å²) in [5, 5.41) is 13.1. The number of nitrogens with zero attached hydrogens (tertiary/aromatic N) is 3. The molecule has 0 aliphatic carbocycles. The monoisotopic (exact) mass is 336 g/mol. The summed E-state index contributed by atoms with van der Waals surface area (Å²) in [6.45, 7) is 2.79. The van der Waals surface area contributed by atoms with Crippen molar-refractivity contribution in [2.24, 2.45) is 0 Å². The molecule has 1 aromatic rings. The first-order valence-electron chi connectivity index (χ1n) is 4.97. The predicted molar refractivity (Wildman–Crippen MR) is 72.4 cm³/mol. The Labute approximate surface area is 109 Å². The van der Waals surface area contributed by atoms with Gasteiger partial charge in [-0.15, -0.1) is 0 Å². The van der Waals surface area contributed by atoms with Crippen LogP contribution >= 0.6 is 22.6 Å². The lowest BCUT2D eigenvalue weighted by Gasteiger charge is -2.26. The number of aliphatic hydroxyl groups is 1. The van der Waals surface area contributed by atoms with E-state index in [1.54, 1.807) is 19.3 Å². The van der Waals surface area contributed by atoms with Gasteiger partial charge in [0.2, 0.25) is 5.95 Å². The summed E-state index contributed by atoms with van der Waals surface area (Å²) < 4.78 is 0.989. The molecule has 1 aromatic heterocycles. The van der Waals surface area contributed by atoms with Crippen molar-refractivity contribution in [3.05, 3.63) is 16.0 Å². The van der Waals surface area contributed by atoms with Gasteiger partial charge in [-0.05, 0) is 43.6 Å². The van der Waals surface area contributed by atoms with Crippen molar-refractivity contribution in [1.82, 2.24) is 14.9 Å². The molecule has 16 heavy (non-hydrogen) atoms. The number of nitrogens with one attached hydrogen (secondary N) is 1. The highest BCUT2D eigenvalue weighted by atomic mass is 127. The normalized spacial score (nSPS) is 14.9. The fourth-order valence-corrected chi connectivity index (χ4v) is 1.69. The van der Waals surface area contributed by atoms with Gasteiger partial charge in [0, 0.05) is 29.1 Å². The number of anilines is 1. The standard InChI is InChI=1S/C10H17IN4O/c1-10(16,7-15(2)3)6-14-9-12-4-8(11)5-13-9/h4-5,16H,6-7H2,1-3H3,(H,12,13,14). The molecule has 1 atom stereocenters. The van der Waals surface area contributed by atoms with Crippen molar-refractivity contribution in [3.8, 4) is 0 Å². The van der Waals surface area contributed by atoms with E-state index in [2.05, 4.69) is 37.9 Å². The Morgan fingerprint density at radius 1 is 1.44 bits per heavy atom. The zero-order valence-corrected chi connectivity index (χ0v) is 11.9. The third-order valence-electron chi connectivity index (χ3n) is 1.90. The van der Waals surface area contributed by atoms with E-state index < -0.39 is 5.60 Å². The molecule has 6 heteroatoms. The second-order valence-electron chi connectivity index (χ2n) is 4.31. The van der Waals surface area contributed by atoms with Crippen molar-refractivity contribution >= 4 is 28.5 Å². The lowest BCUT2D eigenvalue weighted by molar-refractivity contribution is 0.0458. The van der Waals surface area contributed by atoms with Crippen LogP contribution in [0.1, 0.15) is 6.92 Å². The van der Waals surface area contributed by atoms with Crippen molar-refractivity contribution in [2.45, 2.75) is 12.5 Å². The van der Waals surface area contributed by atoms with Crippen LogP contribution in [0.4, 0.5) is 5.95 Å². The molecule has 90 valence electrons. The van der Waals surface area contributed by atoms with E-state index in [1.807, 2.05) is 19.0 Å². The van der Waals surface area contributed by atoms with Crippen LogP contribution in [0.15, 0.2) is 12.4 Å². The fourth-order valence-electron chi connectivity index (χ4n) is 1.41. The summed E-state index contributed by atoms with van der Waals surface area (Å²) in [7, 11) is 3.85. The maximum atomic E-state index is 10.0. The average Bonchev–Trinajstić information content (AvgIpc) is 2.15. The molecule has 0 spiro atoms. The summed E-state index contributed by atoms with van der Waals surface area (Å²) in [4.78, 5) is 10.2. The molecule has 0 radical (unpaired) electrons. The smallest absolute Gasteiger partial charge is 0.222 e. The SMILES string of the molecule is CN(C)CC(C)(O)CNc1ncc(I)cn1. The molecular weight excluding hydrogens is 319 g/mol. The molecule has 1 unspecified atom stereocenters. The first-order valence-corrected chi connectivity index (χ1v) is 6.05. The molecule has 1 rings (SSSR count). The molecule has 0 saturated carbocycles. The summed E-state index contributed by atoms with van der Waals surface area (Å²) in [6.07, 6.45) is 3.47. The van der Waals surface area contributed by atoms with Gasteiger partial charge in [-0.3, -0.25) is 0 Å². The summed E-state index contributed by atoms with van der Waals surface area (Å²) in [6, 6.07) is 0. The highest BCUT2D eigenvalue weighted by Gasteiger charge is 2.21. The van der Waals surface area contributed by atoms with Crippen LogP contribution in [0.5, 0.6) is 0 Å². The quantitative estimate of drug-likeness (QED) is 0.779. The molecular formula is C10H17IN4O. The highest BCUT2D eigenvalue weighted by Crippen LogP contribution is 2.07. The minimum Gasteiger partial charge on any atom is -0.387 e. The van der Waals surface area contributed by atoms with Gasteiger partial charge in [-0.25, -0.2) is 9.97 Å². The Hall–Kier alpha value is -0.470. The van der Waals surface area contributed by atoms with Crippen LogP contribution in [0.25, 0.3) is 0 Å². The third-order valence-corrected chi connectivity index (χ3v) is 2.46. The van der Waals surface area contributed by atoms with E-state index in [4.69, 9.17) is 0 Å². The summed E-state index contributed by atoms with van der Waals surface area (Å²) >= 11 is 2.15. The van der Waals surface area contributed by atoms with E-state index in [-0.39, 0.29) is 0 Å². The lowest BCUT2D eigenvalue weighted by atomic mass is 10.1. The van der Waals surface area contributed by atoms with Crippen LogP contribution in [-0.2, 0) is 0 Å². The Morgan fingerprint density at radius 2 is 2.00 bits per heavy atom. The Balaban J connectivity index is 2.47. The number of likely N-dealkylation sites (N-methyl/N-ethyl adjacent to an activating group) is 1. The zero-order chi connectivity index (χ0) is 12.2. The molecule has 0 saturated heterocycles. The van der Waals surface area contributed by atoms with Crippen LogP contribution < -0.4 is 5.32 Å². The number of rotatable bonds is 5. The second kappa shape index (κ2) is 5.74. The van der Waals surface area contributed by atoms with E-state index >= 15 is 0 Å². The number of hydrogen-bond acceptors (Lipinski definition) is 5. The number of hydrogen-bond donors (Lipinski definition) is 2. The Kier molecular flexibility index (Phi) is 4.88. The maximum Gasteiger partial charge on any atom is 0.222 e. The maximum absolute atomic E-state index is 10.0. The highest BCUT2D eigenvalue weighted by molar-refractivity contribution is 14.1. The van der Waals surface area contributed by atoms with Gasteiger partial charge < -0.3 is 15.3 Å². The molecule has 0 aromatic carbocycles. The first kappa shape index (κ1) is 13.6. The van der Waals surface area contributed by atoms with Gasteiger partial charge in [-0.2, -0.15) is 0 Å². The molecule has 0 aliphatic heterocycles. The lowest BCUT2D eigenvalue weighted by Crippen LogP contribution is -2.43. The average molecular weight is 336 g/mol. The van der Waals surface area contributed by atoms with Crippen molar-refractivity contribution in [3.63, 3.8) is 0 Å². The predicted octanol–water partition coefficient (Wildman–Crippen LogP) is 0.806. The Morgan fingerprint density at radius 3 is 2.50 bits per heavy atom. The van der Waals surface area contributed by atoms with Crippen molar-refractivity contribution in [1.29, 1.82) is 0 Å². The van der Waals surface area contributed by atoms with Gasteiger partial charge in [0.15, 0.2) is 0 Å². The minimum absolute atomic E-state index is 0.422. The second-order valence-corrected chi connectivity index (χ2v) is 5.56. The third kappa shape index (κ3) is 5.04. The molecule has 0 amide bonds. The molecule has 0 aliphatic rings. The van der Waals surface area contributed by atoms with E-state index in [9.17, 15) is 5.11 Å². The molecule has 0 bridgehead atoms. The van der Waals surface area contributed by atoms with Crippen LogP contribution in [0.3, 0.4) is 0 Å². The van der Waals surface area contributed by atoms with E-state index in [1.165, 1.54) is 0 Å². The Bertz CT molecular complexity index is 326. The topological polar surface area (TPSA) is 61.3 Å². The molecule has 1 heterocycles. The summed E-state index contributed by atoms with van der Waals surface area (Å²) in [5.74, 6) is 0.541. The molecule has 2 N–H and O–H groups in total. The minimum atomic E-state index is -0.796. The van der Waals surface area contributed by atoms with Crippen LogP contribution in [0, 0.1) is 3.57 Å². The van der Waals surface area contributed by atoms with Crippen LogP contribution in [-0.4, -0.2) is 52.8 Å².